The maximum atomic E-state index is 16.7. The first kappa shape index (κ1) is 40.7. The maximum Gasteiger partial charge on any atom is 0.415 e. The van der Waals surface area contributed by atoms with Crippen LogP contribution in [-0.2, 0) is 18.6 Å². The lowest BCUT2D eigenvalue weighted by Gasteiger charge is -2.40. The molecule has 2 aliphatic rings. The summed E-state index contributed by atoms with van der Waals surface area (Å²) in [4.78, 5) is 49.4. The van der Waals surface area contributed by atoms with Gasteiger partial charge in [0.15, 0.2) is 14.1 Å². The van der Waals surface area contributed by atoms with E-state index in [2.05, 4.69) is 54.5 Å². The number of amides is 3. The molecule has 3 aromatic rings. The van der Waals surface area contributed by atoms with Crippen molar-refractivity contribution in [3.63, 3.8) is 0 Å². The normalized spacial score (nSPS) is 17.5. The smallest absolute Gasteiger partial charge is 0.415 e. The number of nitrogens with one attached hydrogen (secondary N) is 2. The molecule has 1 aliphatic carbocycles. The quantitative estimate of drug-likeness (QED) is 0.176. The number of fused-ring (bicyclic) bond motifs is 2. The number of carbonyl (C=O) groups is 3. The molecule has 13 nitrogen and oxygen atoms in total. The minimum absolute atomic E-state index is 0.0659. The highest BCUT2D eigenvalue weighted by atomic mass is 28.4. The monoisotopic (exact) mass is 767 g/mol. The number of nitrogens with zero attached hydrogens (tertiary/aromatic N) is 3. The van der Waals surface area contributed by atoms with E-state index in [0.29, 0.717) is 47.6 Å². The summed E-state index contributed by atoms with van der Waals surface area (Å²) in [5.74, 6) is -0.0889. The molecule has 3 amide bonds. The first-order valence-corrected chi connectivity index (χ1v) is 21.2. The SMILES string of the molecule is Cc1c(-c2cc3cc(NC(=O)OC4CC(CO[Si](C)(C)C(C)(C)C)C4)ncc3c(NC(=O)OC(C)(C)C)c2F)cnc2c1N(C(=O)OC(C)(C)C)CCO2. The molecule has 2 N–H and O–H groups in total. The summed E-state index contributed by atoms with van der Waals surface area (Å²) < 4.78 is 45.6. The third-order valence-electron chi connectivity index (χ3n) is 9.77. The Balaban J connectivity index is 1.43. The van der Waals surface area contributed by atoms with Gasteiger partial charge in [0.05, 0.1) is 12.2 Å². The van der Waals surface area contributed by atoms with E-state index in [-0.39, 0.29) is 52.6 Å². The summed E-state index contributed by atoms with van der Waals surface area (Å²) in [6.45, 7) is 24.2. The minimum Gasteiger partial charge on any atom is -0.474 e. The van der Waals surface area contributed by atoms with Crippen molar-refractivity contribution in [1.82, 2.24) is 9.97 Å². The molecule has 5 rings (SSSR count). The third-order valence-corrected chi connectivity index (χ3v) is 14.3. The van der Waals surface area contributed by atoms with Gasteiger partial charge in [-0.25, -0.2) is 28.7 Å². The van der Waals surface area contributed by atoms with Crippen LogP contribution in [0.2, 0.25) is 18.1 Å². The summed E-state index contributed by atoms with van der Waals surface area (Å²) in [6.07, 6.45) is 1.86. The molecule has 0 saturated heterocycles. The predicted molar refractivity (Wildman–Crippen MR) is 208 cm³/mol. The summed E-state index contributed by atoms with van der Waals surface area (Å²) in [7, 11) is -1.87. The number of rotatable bonds is 7. The van der Waals surface area contributed by atoms with Crippen molar-refractivity contribution in [1.29, 1.82) is 0 Å². The molecule has 1 aromatic carbocycles. The average molecular weight is 768 g/mol. The van der Waals surface area contributed by atoms with Crippen LogP contribution in [0.1, 0.15) is 80.7 Å². The van der Waals surface area contributed by atoms with Crippen LogP contribution >= 0.6 is 0 Å². The van der Waals surface area contributed by atoms with Crippen molar-refractivity contribution in [2.24, 2.45) is 5.92 Å². The zero-order valence-corrected chi connectivity index (χ0v) is 34.5. The fourth-order valence-corrected chi connectivity index (χ4v) is 6.99. The summed E-state index contributed by atoms with van der Waals surface area (Å²) in [5.41, 5.74) is -0.552. The Morgan fingerprint density at radius 2 is 1.59 bits per heavy atom. The van der Waals surface area contributed by atoms with Gasteiger partial charge >= 0.3 is 18.3 Å². The minimum atomic E-state index is -1.87. The summed E-state index contributed by atoms with van der Waals surface area (Å²) >= 11 is 0. The number of anilines is 3. The highest BCUT2D eigenvalue weighted by Crippen LogP contribution is 2.43. The Morgan fingerprint density at radius 3 is 2.22 bits per heavy atom. The van der Waals surface area contributed by atoms with Crippen molar-refractivity contribution in [2.75, 3.05) is 35.3 Å². The molecule has 0 unspecified atom stereocenters. The van der Waals surface area contributed by atoms with E-state index in [1.54, 1.807) is 60.6 Å². The highest BCUT2D eigenvalue weighted by molar-refractivity contribution is 6.74. The van der Waals surface area contributed by atoms with Crippen LogP contribution in [0.4, 0.5) is 36.0 Å². The van der Waals surface area contributed by atoms with E-state index in [0.717, 1.165) is 0 Å². The zero-order chi connectivity index (χ0) is 40.0. The second kappa shape index (κ2) is 15.0. The Hall–Kier alpha value is -4.50. The van der Waals surface area contributed by atoms with E-state index < -0.39 is 43.6 Å². The standard InChI is InChI=1S/C39H54FN5O8Si/c1-22-27(19-42-33-32(22)45(13-14-49-33)36(48)53-38(5,6)7)26-17-24-18-29(41-20-28(24)31(30(26)40)44-35(47)52-37(2,3)4)43-34(46)51-25-15-23(16-25)21-50-54(11,12)39(8,9)10/h17-20,23,25H,13-16,21H2,1-12H3,(H,44,47)(H,41,43,46). The molecule has 1 saturated carbocycles. The molecular formula is C39H54FN5O8Si. The number of benzene rings is 1. The molecule has 2 aromatic heterocycles. The van der Waals surface area contributed by atoms with Crippen LogP contribution in [0.5, 0.6) is 5.88 Å². The number of aromatic nitrogens is 2. The van der Waals surface area contributed by atoms with Crippen LogP contribution < -0.4 is 20.3 Å². The maximum absolute atomic E-state index is 16.7. The van der Waals surface area contributed by atoms with Crippen molar-refractivity contribution in [2.45, 2.75) is 118 Å². The molecule has 1 aliphatic heterocycles. The molecule has 15 heteroatoms. The van der Waals surface area contributed by atoms with E-state index in [1.165, 1.54) is 17.3 Å². The van der Waals surface area contributed by atoms with Gasteiger partial charge in [0.2, 0.25) is 5.88 Å². The molecule has 294 valence electrons. The second-order valence-corrected chi connectivity index (χ2v) is 22.3. The number of ether oxygens (including phenoxy) is 4. The number of hydrogen-bond donors (Lipinski definition) is 2. The number of halogens is 1. The van der Waals surface area contributed by atoms with E-state index >= 15 is 4.39 Å². The lowest BCUT2D eigenvalue weighted by Crippen LogP contribution is -2.44. The van der Waals surface area contributed by atoms with Crippen LogP contribution in [0, 0.1) is 18.7 Å². The molecule has 0 atom stereocenters. The second-order valence-electron chi connectivity index (χ2n) is 17.5. The number of pyridine rings is 2. The van der Waals surface area contributed by atoms with Crippen molar-refractivity contribution < 1.29 is 42.1 Å². The van der Waals surface area contributed by atoms with Gasteiger partial charge in [0.25, 0.3) is 0 Å². The van der Waals surface area contributed by atoms with E-state index in [1.807, 2.05) is 0 Å². The van der Waals surface area contributed by atoms with Gasteiger partial charge in [0.1, 0.15) is 35.4 Å². The highest BCUT2D eigenvalue weighted by Gasteiger charge is 2.40. The van der Waals surface area contributed by atoms with Crippen molar-refractivity contribution in [3.05, 3.63) is 35.9 Å². The van der Waals surface area contributed by atoms with Gasteiger partial charge < -0.3 is 23.4 Å². The first-order valence-electron chi connectivity index (χ1n) is 18.3. The number of hydrogen-bond acceptors (Lipinski definition) is 10. The molecule has 3 heterocycles. The fourth-order valence-electron chi connectivity index (χ4n) is 5.91. The van der Waals surface area contributed by atoms with Crippen molar-refractivity contribution in [3.8, 4) is 17.0 Å². The lowest BCUT2D eigenvalue weighted by atomic mass is 9.83. The predicted octanol–water partition coefficient (Wildman–Crippen LogP) is 9.57. The van der Waals surface area contributed by atoms with Gasteiger partial charge in [0, 0.05) is 35.5 Å². The summed E-state index contributed by atoms with van der Waals surface area (Å²) in [6, 6.07) is 3.13. The van der Waals surface area contributed by atoms with Crippen molar-refractivity contribution >= 4 is 54.6 Å². The lowest BCUT2D eigenvalue weighted by molar-refractivity contribution is 0.00552. The van der Waals surface area contributed by atoms with E-state index in [4.69, 9.17) is 23.4 Å². The van der Waals surface area contributed by atoms with Crippen LogP contribution in [0.3, 0.4) is 0 Å². The molecular weight excluding hydrogens is 714 g/mol. The van der Waals surface area contributed by atoms with Gasteiger partial charge in [-0.2, -0.15) is 0 Å². The van der Waals surface area contributed by atoms with Crippen LogP contribution in [0.25, 0.3) is 21.9 Å². The number of carbonyl (C=O) groups excluding carboxylic acids is 3. The fraction of sp³-hybridized carbons (Fsp3) is 0.564. The zero-order valence-electron chi connectivity index (χ0n) is 33.5. The van der Waals surface area contributed by atoms with Gasteiger partial charge in [-0.1, -0.05) is 20.8 Å². The van der Waals surface area contributed by atoms with Gasteiger partial charge in [-0.05, 0) is 108 Å². The molecule has 54 heavy (non-hydrogen) atoms. The van der Waals surface area contributed by atoms with Gasteiger partial charge in [-0.3, -0.25) is 15.5 Å². The Labute approximate surface area is 317 Å². The van der Waals surface area contributed by atoms with Crippen LogP contribution in [0.15, 0.2) is 24.5 Å². The topological polar surface area (TPSA) is 150 Å². The van der Waals surface area contributed by atoms with Crippen LogP contribution in [-0.4, -0.2) is 73.6 Å². The molecule has 0 radical (unpaired) electrons. The largest absolute Gasteiger partial charge is 0.474 e. The Morgan fingerprint density at radius 1 is 0.926 bits per heavy atom. The molecule has 0 bridgehead atoms. The first-order chi connectivity index (χ1) is 24.9. The summed E-state index contributed by atoms with van der Waals surface area (Å²) in [5, 5.41) is 6.06. The average Bonchev–Trinajstić information content (AvgIpc) is 3.01. The molecule has 0 spiro atoms. The Bertz CT molecular complexity index is 1930. The third kappa shape index (κ3) is 9.40. The molecule has 1 fully saturated rings. The van der Waals surface area contributed by atoms with Gasteiger partial charge in [-0.15, -0.1) is 0 Å². The Kier molecular flexibility index (Phi) is 11.3. The van der Waals surface area contributed by atoms with E-state index in [9.17, 15) is 14.4 Å².